The average Bonchev–Trinajstić information content (AvgIpc) is 2.48. The number of ether oxygens (including phenoxy) is 1. The van der Waals surface area contributed by atoms with E-state index in [0.29, 0.717) is 26.3 Å². The van der Waals surface area contributed by atoms with Gasteiger partial charge in [-0.2, -0.15) is 0 Å². The average molecular weight is 278 g/mol. The number of nitrogens with one attached hydrogen (secondary N) is 1. The van der Waals surface area contributed by atoms with Crippen LogP contribution in [0.5, 0.6) is 0 Å². The number of thiocarbonyl (C=S) groups is 1. The second-order valence-corrected chi connectivity index (χ2v) is 4.92. The van der Waals surface area contributed by atoms with Crippen molar-refractivity contribution < 1.29 is 9.53 Å². The number of morpholine rings is 1. The van der Waals surface area contributed by atoms with Gasteiger partial charge >= 0.3 is 0 Å². The minimum atomic E-state index is -0.110. The van der Waals surface area contributed by atoms with E-state index in [1.165, 1.54) is 0 Å². The van der Waals surface area contributed by atoms with Crippen molar-refractivity contribution >= 4 is 23.1 Å². The topological polar surface area (TPSA) is 41.6 Å². The molecule has 1 N–H and O–H groups in total. The molecule has 102 valence electrons. The first-order valence-electron chi connectivity index (χ1n) is 6.41. The quantitative estimate of drug-likeness (QED) is 0.833. The minimum absolute atomic E-state index is 0.0266. The van der Waals surface area contributed by atoms with Crippen LogP contribution in [0.25, 0.3) is 0 Å². The fourth-order valence-electron chi connectivity index (χ4n) is 1.99. The first kappa shape index (κ1) is 14.0. The lowest BCUT2D eigenvalue weighted by Crippen LogP contribution is -2.47. The summed E-state index contributed by atoms with van der Waals surface area (Å²) < 4.78 is 5.22. The van der Waals surface area contributed by atoms with E-state index in [-0.39, 0.29) is 16.9 Å². The van der Waals surface area contributed by atoms with Crippen LogP contribution in [0.15, 0.2) is 30.3 Å². The predicted molar refractivity (Wildman–Crippen MR) is 78.0 cm³/mol. The van der Waals surface area contributed by atoms with Gasteiger partial charge in [-0.05, 0) is 12.5 Å². The van der Waals surface area contributed by atoms with Gasteiger partial charge in [0, 0.05) is 19.1 Å². The molecule has 0 radical (unpaired) electrons. The number of hydrogen-bond acceptors (Lipinski definition) is 3. The minimum Gasteiger partial charge on any atom is -0.378 e. The Morgan fingerprint density at radius 1 is 1.32 bits per heavy atom. The molecule has 1 aromatic carbocycles. The fourth-order valence-corrected chi connectivity index (χ4v) is 2.30. The highest BCUT2D eigenvalue weighted by Gasteiger charge is 2.21. The molecule has 0 saturated carbocycles. The molecule has 1 saturated heterocycles. The molecular weight excluding hydrogens is 260 g/mol. The molecule has 1 aliphatic heterocycles. The summed E-state index contributed by atoms with van der Waals surface area (Å²) in [5.41, 5.74) is 1.11. The van der Waals surface area contributed by atoms with Gasteiger partial charge in [0.25, 0.3) is 5.91 Å². The van der Waals surface area contributed by atoms with Gasteiger partial charge in [-0.25, -0.2) is 0 Å². The Bertz CT molecular complexity index is 444. The molecule has 1 aliphatic rings. The molecule has 1 aromatic rings. The maximum atomic E-state index is 12.1. The number of hydrogen-bond donors (Lipinski definition) is 1. The van der Waals surface area contributed by atoms with Gasteiger partial charge < -0.3 is 15.0 Å². The highest BCUT2D eigenvalue weighted by atomic mass is 32.1. The van der Waals surface area contributed by atoms with E-state index >= 15 is 0 Å². The van der Waals surface area contributed by atoms with E-state index in [2.05, 4.69) is 5.32 Å². The lowest BCUT2D eigenvalue weighted by atomic mass is 10.1. The van der Waals surface area contributed by atoms with Crippen LogP contribution in [0.3, 0.4) is 0 Å². The Hall–Kier alpha value is -1.46. The monoisotopic (exact) mass is 278 g/mol. The van der Waals surface area contributed by atoms with Crippen LogP contribution in [-0.2, 0) is 9.53 Å². The van der Waals surface area contributed by atoms with Crippen molar-refractivity contribution in [1.82, 2.24) is 10.2 Å². The summed E-state index contributed by atoms with van der Waals surface area (Å²) in [6.45, 7) is 4.39. The molecule has 0 aliphatic carbocycles. The van der Waals surface area contributed by atoms with Crippen LogP contribution in [-0.4, -0.2) is 42.1 Å². The number of carbonyl (C=O) groups excluding carboxylic acids is 1. The van der Waals surface area contributed by atoms with Gasteiger partial charge in [0.05, 0.1) is 13.2 Å². The SMILES string of the molecule is CC(NC(=S)C(=O)N1CCOCC1)c1ccccc1. The third kappa shape index (κ3) is 3.75. The predicted octanol–water partition coefficient (Wildman–Crippen LogP) is 1.52. The van der Waals surface area contributed by atoms with Crippen LogP contribution >= 0.6 is 12.2 Å². The molecule has 1 atom stereocenters. The Morgan fingerprint density at radius 2 is 1.95 bits per heavy atom. The van der Waals surface area contributed by atoms with Crippen molar-refractivity contribution in [2.75, 3.05) is 26.3 Å². The van der Waals surface area contributed by atoms with Crippen LogP contribution in [0, 0.1) is 0 Å². The van der Waals surface area contributed by atoms with Gasteiger partial charge in [0.2, 0.25) is 0 Å². The molecule has 2 rings (SSSR count). The smallest absolute Gasteiger partial charge is 0.281 e. The van der Waals surface area contributed by atoms with Crippen LogP contribution in [0.4, 0.5) is 0 Å². The fraction of sp³-hybridized carbons (Fsp3) is 0.429. The molecule has 1 amide bonds. The van der Waals surface area contributed by atoms with Crippen molar-refractivity contribution in [3.8, 4) is 0 Å². The first-order valence-corrected chi connectivity index (χ1v) is 6.82. The number of rotatable bonds is 2. The number of amides is 1. The normalized spacial score (nSPS) is 16.8. The highest BCUT2D eigenvalue weighted by molar-refractivity contribution is 7.82. The van der Waals surface area contributed by atoms with Gasteiger partial charge in [-0.15, -0.1) is 0 Å². The molecule has 1 unspecified atom stereocenters. The summed E-state index contributed by atoms with van der Waals surface area (Å²) in [5.74, 6) is -0.110. The molecule has 4 nitrogen and oxygen atoms in total. The zero-order valence-electron chi connectivity index (χ0n) is 11.0. The van der Waals surface area contributed by atoms with E-state index in [1.807, 2.05) is 37.3 Å². The highest BCUT2D eigenvalue weighted by Crippen LogP contribution is 2.11. The third-order valence-electron chi connectivity index (χ3n) is 3.14. The second-order valence-electron chi connectivity index (χ2n) is 4.51. The molecule has 0 spiro atoms. The Kier molecular flexibility index (Phi) is 4.87. The zero-order chi connectivity index (χ0) is 13.7. The maximum Gasteiger partial charge on any atom is 0.281 e. The van der Waals surface area contributed by atoms with E-state index < -0.39 is 0 Å². The molecular formula is C14H18N2O2S. The molecule has 1 heterocycles. The molecule has 0 bridgehead atoms. The molecule has 5 heteroatoms. The van der Waals surface area contributed by atoms with E-state index in [0.717, 1.165) is 5.56 Å². The van der Waals surface area contributed by atoms with Crippen LogP contribution < -0.4 is 5.32 Å². The zero-order valence-corrected chi connectivity index (χ0v) is 11.8. The Balaban J connectivity index is 1.91. The Labute approximate surface area is 118 Å². The van der Waals surface area contributed by atoms with Crippen molar-refractivity contribution in [2.45, 2.75) is 13.0 Å². The van der Waals surface area contributed by atoms with E-state index in [4.69, 9.17) is 17.0 Å². The van der Waals surface area contributed by atoms with Gasteiger partial charge in [-0.3, -0.25) is 4.79 Å². The van der Waals surface area contributed by atoms with Crippen molar-refractivity contribution in [3.63, 3.8) is 0 Å². The maximum absolute atomic E-state index is 12.1. The van der Waals surface area contributed by atoms with Gasteiger partial charge in [0.1, 0.15) is 0 Å². The number of nitrogens with zero attached hydrogens (tertiary/aromatic N) is 1. The van der Waals surface area contributed by atoms with Crippen molar-refractivity contribution in [3.05, 3.63) is 35.9 Å². The van der Waals surface area contributed by atoms with E-state index in [9.17, 15) is 4.79 Å². The van der Waals surface area contributed by atoms with Crippen LogP contribution in [0.1, 0.15) is 18.5 Å². The third-order valence-corrected chi connectivity index (χ3v) is 3.43. The summed E-state index contributed by atoms with van der Waals surface area (Å²) in [5, 5.41) is 3.09. The first-order chi connectivity index (χ1) is 9.18. The molecule has 1 fully saturated rings. The Morgan fingerprint density at radius 3 is 2.58 bits per heavy atom. The summed E-state index contributed by atoms with van der Waals surface area (Å²) >= 11 is 5.19. The van der Waals surface area contributed by atoms with Crippen molar-refractivity contribution in [2.24, 2.45) is 0 Å². The lowest BCUT2D eigenvalue weighted by molar-refractivity contribution is -0.128. The summed E-state index contributed by atoms with van der Waals surface area (Å²) in [4.78, 5) is 14.1. The van der Waals surface area contributed by atoms with E-state index in [1.54, 1.807) is 4.90 Å². The van der Waals surface area contributed by atoms with Gasteiger partial charge in [0.15, 0.2) is 4.99 Å². The summed E-state index contributed by atoms with van der Waals surface area (Å²) in [6, 6.07) is 9.96. The van der Waals surface area contributed by atoms with Gasteiger partial charge in [-0.1, -0.05) is 42.5 Å². The summed E-state index contributed by atoms with van der Waals surface area (Å²) in [7, 11) is 0. The molecule has 19 heavy (non-hydrogen) atoms. The number of carbonyl (C=O) groups is 1. The second kappa shape index (κ2) is 6.63. The van der Waals surface area contributed by atoms with Crippen LogP contribution in [0.2, 0.25) is 0 Å². The lowest BCUT2D eigenvalue weighted by Gasteiger charge is -2.28. The molecule has 0 aromatic heterocycles. The largest absolute Gasteiger partial charge is 0.378 e. The standard InChI is InChI=1S/C14H18N2O2S/c1-11(12-5-3-2-4-6-12)15-13(19)14(17)16-7-9-18-10-8-16/h2-6,11H,7-10H2,1H3,(H,15,19). The summed E-state index contributed by atoms with van der Waals surface area (Å²) in [6.07, 6.45) is 0. The van der Waals surface area contributed by atoms with Crippen molar-refractivity contribution in [1.29, 1.82) is 0 Å². The number of benzene rings is 1.